The zero-order valence-electron chi connectivity index (χ0n) is 12.4. The van der Waals surface area contributed by atoms with E-state index in [1.54, 1.807) is 0 Å². The molecule has 0 aliphatic heterocycles. The maximum Gasteiger partial charge on any atom is 0.223 e. The highest BCUT2D eigenvalue weighted by molar-refractivity contribution is 5.30. The fourth-order valence-corrected chi connectivity index (χ4v) is 4.05. The summed E-state index contributed by atoms with van der Waals surface area (Å²) in [5.41, 5.74) is 2.21. The van der Waals surface area contributed by atoms with E-state index in [0.29, 0.717) is 23.1 Å². The number of rotatable bonds is 3. The van der Waals surface area contributed by atoms with E-state index in [2.05, 4.69) is 15.3 Å². The van der Waals surface area contributed by atoms with Crippen LogP contribution in [-0.4, -0.2) is 21.1 Å². The highest BCUT2D eigenvalue weighted by Gasteiger charge is 2.39. The van der Waals surface area contributed by atoms with Gasteiger partial charge in [0.05, 0.1) is 12.3 Å². The second-order valence-electron chi connectivity index (χ2n) is 6.63. The lowest BCUT2D eigenvalue weighted by Gasteiger charge is -2.33. The third-order valence-corrected chi connectivity index (χ3v) is 5.02. The van der Waals surface area contributed by atoms with Gasteiger partial charge in [-0.25, -0.2) is 9.97 Å². The second-order valence-corrected chi connectivity index (χ2v) is 6.63. The van der Waals surface area contributed by atoms with Crippen LogP contribution in [0.3, 0.4) is 0 Å². The van der Waals surface area contributed by atoms with E-state index in [0.717, 1.165) is 5.69 Å². The second kappa shape index (κ2) is 5.68. The van der Waals surface area contributed by atoms with Crippen molar-refractivity contribution in [2.24, 2.45) is 5.41 Å². The lowest BCUT2D eigenvalue weighted by molar-refractivity contribution is 0.195. The topological polar surface area (TPSA) is 58.0 Å². The zero-order chi connectivity index (χ0) is 14.0. The van der Waals surface area contributed by atoms with Crippen LogP contribution in [0.25, 0.3) is 0 Å². The number of nitrogens with one attached hydrogen (secondary N) is 1. The molecule has 1 aromatic heterocycles. The van der Waals surface area contributed by atoms with E-state index >= 15 is 0 Å². The predicted molar refractivity (Wildman–Crippen MR) is 79.5 cm³/mol. The van der Waals surface area contributed by atoms with Crippen LogP contribution in [0.5, 0.6) is 0 Å². The molecule has 1 unspecified atom stereocenters. The van der Waals surface area contributed by atoms with E-state index in [1.807, 2.05) is 13.0 Å². The van der Waals surface area contributed by atoms with Gasteiger partial charge in [-0.2, -0.15) is 0 Å². The first-order chi connectivity index (χ1) is 9.69. The molecule has 4 nitrogen and oxygen atoms in total. The molecule has 3 rings (SSSR count). The monoisotopic (exact) mass is 275 g/mol. The highest BCUT2D eigenvalue weighted by atomic mass is 16.3. The summed E-state index contributed by atoms with van der Waals surface area (Å²) in [7, 11) is 0. The molecule has 1 aromatic rings. The maximum absolute atomic E-state index is 9.23. The summed E-state index contributed by atoms with van der Waals surface area (Å²) in [6.07, 6.45) is 10.9. The summed E-state index contributed by atoms with van der Waals surface area (Å²) < 4.78 is 0. The number of anilines is 1. The molecule has 0 aromatic carbocycles. The smallest absolute Gasteiger partial charge is 0.223 e. The number of aryl methyl sites for hydroxylation is 1. The van der Waals surface area contributed by atoms with Gasteiger partial charge in [0.1, 0.15) is 0 Å². The maximum atomic E-state index is 9.23. The van der Waals surface area contributed by atoms with Crippen LogP contribution in [0.2, 0.25) is 0 Å². The molecular weight excluding hydrogens is 250 g/mol. The molecular formula is C16H25N3O. The Balaban J connectivity index is 1.65. The summed E-state index contributed by atoms with van der Waals surface area (Å²) in [5, 5.41) is 12.7. The third kappa shape index (κ3) is 2.95. The molecule has 20 heavy (non-hydrogen) atoms. The Labute approximate surface area is 121 Å². The van der Waals surface area contributed by atoms with Crippen molar-refractivity contribution >= 4 is 5.95 Å². The Hall–Kier alpha value is -1.16. The van der Waals surface area contributed by atoms with Crippen LogP contribution in [0.15, 0.2) is 6.07 Å². The Morgan fingerprint density at radius 1 is 1.25 bits per heavy atom. The van der Waals surface area contributed by atoms with E-state index in [4.69, 9.17) is 0 Å². The normalized spacial score (nSPS) is 25.0. The molecule has 0 amide bonds. The highest BCUT2D eigenvalue weighted by Crippen LogP contribution is 2.49. The van der Waals surface area contributed by atoms with E-state index in [1.165, 1.54) is 51.4 Å². The van der Waals surface area contributed by atoms with Crippen LogP contribution in [0.4, 0.5) is 5.95 Å². The largest absolute Gasteiger partial charge is 0.390 e. The minimum absolute atomic E-state index is 0.0212. The fraction of sp³-hybridized carbons (Fsp3) is 0.750. The number of hydrogen-bond acceptors (Lipinski definition) is 4. The number of aliphatic hydroxyl groups is 1. The molecule has 2 N–H and O–H groups in total. The Morgan fingerprint density at radius 3 is 2.80 bits per heavy atom. The van der Waals surface area contributed by atoms with Crippen molar-refractivity contribution in [3.63, 3.8) is 0 Å². The Morgan fingerprint density at radius 2 is 2.05 bits per heavy atom. The fourth-order valence-electron chi connectivity index (χ4n) is 4.05. The molecule has 1 spiro atoms. The molecule has 1 heterocycles. The van der Waals surface area contributed by atoms with Crippen LogP contribution < -0.4 is 5.32 Å². The Kier molecular flexibility index (Phi) is 3.92. The molecule has 2 aliphatic carbocycles. The van der Waals surface area contributed by atoms with Crippen molar-refractivity contribution in [3.8, 4) is 0 Å². The molecule has 2 aliphatic rings. The summed E-state index contributed by atoms with van der Waals surface area (Å²) in [6.45, 7) is 1.93. The number of nitrogens with zero attached hydrogens (tertiary/aromatic N) is 2. The first-order valence-corrected chi connectivity index (χ1v) is 7.91. The third-order valence-electron chi connectivity index (χ3n) is 5.02. The molecule has 0 saturated heterocycles. The van der Waals surface area contributed by atoms with Gasteiger partial charge < -0.3 is 10.4 Å². The molecule has 110 valence electrons. The minimum atomic E-state index is -0.0212. The molecule has 1 atom stereocenters. The molecule has 4 heteroatoms. The van der Waals surface area contributed by atoms with Crippen LogP contribution >= 0.6 is 0 Å². The van der Waals surface area contributed by atoms with Gasteiger partial charge in [-0.1, -0.05) is 19.3 Å². The van der Waals surface area contributed by atoms with Gasteiger partial charge in [0.25, 0.3) is 0 Å². The molecule has 0 radical (unpaired) electrons. The van der Waals surface area contributed by atoms with Crippen LogP contribution in [0.1, 0.15) is 62.8 Å². The van der Waals surface area contributed by atoms with E-state index in [9.17, 15) is 5.11 Å². The van der Waals surface area contributed by atoms with Gasteiger partial charge in [0, 0.05) is 11.7 Å². The summed E-state index contributed by atoms with van der Waals surface area (Å²) in [6, 6.07) is 2.34. The lowest BCUT2D eigenvalue weighted by atomic mass is 9.73. The quantitative estimate of drug-likeness (QED) is 0.889. The first-order valence-electron chi connectivity index (χ1n) is 7.91. The predicted octanol–water partition coefficient (Wildman–Crippen LogP) is 3.19. The average molecular weight is 275 g/mol. The van der Waals surface area contributed by atoms with Crippen molar-refractivity contribution in [3.05, 3.63) is 17.5 Å². The number of aliphatic hydroxyl groups excluding tert-OH is 1. The summed E-state index contributed by atoms with van der Waals surface area (Å²) >= 11 is 0. The zero-order valence-corrected chi connectivity index (χ0v) is 12.4. The first kappa shape index (κ1) is 13.8. The Bertz CT molecular complexity index is 469. The van der Waals surface area contributed by atoms with Gasteiger partial charge in [-0.3, -0.25) is 0 Å². The van der Waals surface area contributed by atoms with Crippen molar-refractivity contribution in [2.75, 3.05) is 5.32 Å². The van der Waals surface area contributed by atoms with Crippen molar-refractivity contribution in [2.45, 2.75) is 70.9 Å². The lowest BCUT2D eigenvalue weighted by Crippen LogP contribution is -2.24. The minimum Gasteiger partial charge on any atom is -0.390 e. The van der Waals surface area contributed by atoms with E-state index < -0.39 is 0 Å². The van der Waals surface area contributed by atoms with Gasteiger partial charge in [-0.15, -0.1) is 0 Å². The van der Waals surface area contributed by atoms with Crippen molar-refractivity contribution in [1.29, 1.82) is 0 Å². The van der Waals surface area contributed by atoms with Crippen molar-refractivity contribution < 1.29 is 5.11 Å². The van der Waals surface area contributed by atoms with E-state index in [-0.39, 0.29) is 6.61 Å². The summed E-state index contributed by atoms with van der Waals surface area (Å²) in [4.78, 5) is 8.82. The molecule has 2 saturated carbocycles. The molecule has 2 fully saturated rings. The van der Waals surface area contributed by atoms with Gasteiger partial charge >= 0.3 is 0 Å². The van der Waals surface area contributed by atoms with Crippen LogP contribution in [0, 0.1) is 12.3 Å². The van der Waals surface area contributed by atoms with Gasteiger partial charge in [-0.05, 0) is 50.5 Å². The summed E-state index contributed by atoms with van der Waals surface area (Å²) in [5.74, 6) is 0.687. The van der Waals surface area contributed by atoms with Crippen molar-refractivity contribution in [1.82, 2.24) is 9.97 Å². The standard InChI is InChI=1S/C16H25N3O/c1-12-9-14(11-20)19-15(17-12)18-13-5-8-16(10-13)6-3-2-4-7-16/h9,13,20H,2-8,10-11H2,1H3,(H,17,18,19). The van der Waals surface area contributed by atoms with Gasteiger partial charge in [0.2, 0.25) is 5.95 Å². The number of hydrogen-bond donors (Lipinski definition) is 2. The van der Waals surface area contributed by atoms with Gasteiger partial charge in [0.15, 0.2) is 0 Å². The van der Waals surface area contributed by atoms with Crippen LogP contribution in [-0.2, 0) is 6.61 Å². The SMILES string of the molecule is Cc1cc(CO)nc(NC2CCC3(CCCCC3)C2)n1. The average Bonchev–Trinajstić information content (AvgIpc) is 2.81. The number of aromatic nitrogens is 2. The molecule has 0 bridgehead atoms.